The fourth-order valence-electron chi connectivity index (χ4n) is 2.61. The normalized spacial score (nSPS) is 10.4. The SMILES string of the molecule is COc1cccc(-c2nc(-c3ccc(CNC(C)=O)cc3)cs2)c1OC. The summed E-state index contributed by atoms with van der Waals surface area (Å²) in [5.41, 5.74) is 3.89. The van der Waals surface area contributed by atoms with Crippen LogP contribution in [0.25, 0.3) is 21.8 Å². The zero-order valence-corrected chi connectivity index (χ0v) is 15.7. The molecular weight excluding hydrogens is 348 g/mol. The van der Waals surface area contributed by atoms with Gasteiger partial charge >= 0.3 is 0 Å². The van der Waals surface area contributed by atoms with Gasteiger partial charge in [0.15, 0.2) is 11.5 Å². The van der Waals surface area contributed by atoms with Crippen LogP contribution in [0.3, 0.4) is 0 Å². The number of methoxy groups -OCH3 is 2. The number of para-hydroxylation sites is 1. The van der Waals surface area contributed by atoms with Crippen molar-refractivity contribution in [3.8, 4) is 33.3 Å². The van der Waals surface area contributed by atoms with Gasteiger partial charge in [-0.3, -0.25) is 4.79 Å². The van der Waals surface area contributed by atoms with E-state index in [1.165, 1.54) is 6.92 Å². The van der Waals surface area contributed by atoms with Gasteiger partial charge in [-0.1, -0.05) is 30.3 Å². The summed E-state index contributed by atoms with van der Waals surface area (Å²) in [5.74, 6) is 1.33. The lowest BCUT2D eigenvalue weighted by atomic mass is 10.1. The van der Waals surface area contributed by atoms with Crippen LogP contribution in [0.15, 0.2) is 47.8 Å². The quantitative estimate of drug-likeness (QED) is 0.711. The zero-order chi connectivity index (χ0) is 18.5. The second-order valence-corrected chi connectivity index (χ2v) is 6.54. The summed E-state index contributed by atoms with van der Waals surface area (Å²) in [6.45, 7) is 2.04. The van der Waals surface area contributed by atoms with E-state index in [2.05, 4.69) is 5.32 Å². The molecular formula is C20H20N2O3S. The molecule has 1 N–H and O–H groups in total. The standard InChI is InChI=1S/C20H20N2O3S/c1-13(23)21-11-14-7-9-15(10-8-14)17-12-26-20(22-17)16-5-4-6-18(24-2)19(16)25-3/h4-10,12H,11H2,1-3H3,(H,21,23). The molecule has 2 aromatic carbocycles. The van der Waals surface area contributed by atoms with E-state index in [4.69, 9.17) is 14.5 Å². The molecule has 6 heteroatoms. The number of ether oxygens (including phenoxy) is 2. The molecule has 1 aromatic heterocycles. The number of hydrogen-bond donors (Lipinski definition) is 1. The Morgan fingerprint density at radius 2 is 1.88 bits per heavy atom. The van der Waals surface area contributed by atoms with Gasteiger partial charge in [0.05, 0.1) is 25.5 Å². The Kier molecular flexibility index (Phi) is 5.53. The van der Waals surface area contributed by atoms with Gasteiger partial charge in [0.1, 0.15) is 5.01 Å². The second kappa shape index (κ2) is 8.01. The molecule has 0 saturated carbocycles. The molecule has 0 bridgehead atoms. The zero-order valence-electron chi connectivity index (χ0n) is 14.9. The number of nitrogens with zero attached hydrogens (tertiary/aromatic N) is 1. The third-order valence-corrected chi connectivity index (χ3v) is 4.80. The molecule has 3 rings (SSSR count). The largest absolute Gasteiger partial charge is 0.493 e. The molecule has 3 aromatic rings. The van der Waals surface area contributed by atoms with Crippen LogP contribution in [0.5, 0.6) is 11.5 Å². The second-order valence-electron chi connectivity index (χ2n) is 5.69. The third-order valence-electron chi connectivity index (χ3n) is 3.93. The molecule has 1 heterocycles. The van der Waals surface area contributed by atoms with Crippen LogP contribution in [-0.4, -0.2) is 25.1 Å². The molecule has 0 spiro atoms. The first-order valence-electron chi connectivity index (χ1n) is 8.13. The fraction of sp³-hybridized carbons (Fsp3) is 0.200. The molecule has 0 unspecified atom stereocenters. The summed E-state index contributed by atoms with van der Waals surface area (Å²) >= 11 is 1.56. The van der Waals surface area contributed by atoms with Gasteiger partial charge < -0.3 is 14.8 Å². The highest BCUT2D eigenvalue weighted by molar-refractivity contribution is 7.13. The lowest BCUT2D eigenvalue weighted by Gasteiger charge is -2.10. The molecule has 26 heavy (non-hydrogen) atoms. The van der Waals surface area contributed by atoms with Crippen molar-refractivity contribution >= 4 is 17.2 Å². The number of nitrogens with one attached hydrogen (secondary N) is 1. The molecule has 0 saturated heterocycles. The van der Waals surface area contributed by atoms with E-state index in [0.29, 0.717) is 18.0 Å². The van der Waals surface area contributed by atoms with E-state index >= 15 is 0 Å². The van der Waals surface area contributed by atoms with Crippen molar-refractivity contribution in [2.24, 2.45) is 0 Å². The van der Waals surface area contributed by atoms with Crippen LogP contribution in [0.1, 0.15) is 12.5 Å². The molecule has 0 fully saturated rings. The predicted octanol–water partition coefficient (Wildman–Crippen LogP) is 4.13. The van der Waals surface area contributed by atoms with Crippen molar-refractivity contribution in [1.82, 2.24) is 10.3 Å². The molecule has 0 aliphatic carbocycles. The van der Waals surface area contributed by atoms with Gasteiger partial charge in [-0.2, -0.15) is 0 Å². The minimum Gasteiger partial charge on any atom is -0.493 e. The summed E-state index contributed by atoms with van der Waals surface area (Å²) in [5, 5.41) is 5.69. The minimum atomic E-state index is -0.0366. The Balaban J connectivity index is 1.85. The molecule has 1 amide bonds. The Labute approximate surface area is 156 Å². The first-order chi connectivity index (χ1) is 12.6. The number of hydrogen-bond acceptors (Lipinski definition) is 5. The average Bonchev–Trinajstić information content (AvgIpc) is 3.16. The first-order valence-corrected chi connectivity index (χ1v) is 9.01. The monoisotopic (exact) mass is 368 g/mol. The molecule has 0 atom stereocenters. The van der Waals surface area contributed by atoms with E-state index < -0.39 is 0 Å². The number of carbonyl (C=O) groups is 1. The van der Waals surface area contributed by atoms with Gasteiger partial charge in [0.25, 0.3) is 0 Å². The van der Waals surface area contributed by atoms with E-state index in [1.807, 2.05) is 47.8 Å². The third kappa shape index (κ3) is 3.86. The molecule has 0 aliphatic heterocycles. The maximum Gasteiger partial charge on any atom is 0.217 e. The minimum absolute atomic E-state index is 0.0366. The van der Waals surface area contributed by atoms with Gasteiger partial charge in [-0.05, 0) is 17.7 Å². The van der Waals surface area contributed by atoms with Gasteiger partial charge in [-0.15, -0.1) is 11.3 Å². The maximum atomic E-state index is 11.0. The highest BCUT2D eigenvalue weighted by atomic mass is 32.1. The molecule has 0 radical (unpaired) electrons. The lowest BCUT2D eigenvalue weighted by Crippen LogP contribution is -2.18. The summed E-state index contributed by atoms with van der Waals surface area (Å²) in [6, 6.07) is 13.8. The van der Waals surface area contributed by atoms with E-state index in [-0.39, 0.29) is 5.91 Å². The number of thiazole rings is 1. The van der Waals surface area contributed by atoms with Crippen molar-refractivity contribution in [2.75, 3.05) is 14.2 Å². The number of rotatable bonds is 6. The van der Waals surface area contributed by atoms with Crippen LogP contribution >= 0.6 is 11.3 Å². The maximum absolute atomic E-state index is 11.0. The van der Waals surface area contributed by atoms with Crippen molar-refractivity contribution in [1.29, 1.82) is 0 Å². The predicted molar refractivity (Wildman–Crippen MR) is 104 cm³/mol. The Bertz CT molecular complexity index is 904. The lowest BCUT2D eigenvalue weighted by molar-refractivity contribution is -0.119. The number of benzene rings is 2. The first kappa shape index (κ1) is 17.9. The summed E-state index contributed by atoms with van der Waals surface area (Å²) in [6.07, 6.45) is 0. The Hall–Kier alpha value is -2.86. The summed E-state index contributed by atoms with van der Waals surface area (Å²) in [4.78, 5) is 15.8. The van der Waals surface area contributed by atoms with Crippen molar-refractivity contribution in [3.05, 3.63) is 53.4 Å². The van der Waals surface area contributed by atoms with Crippen LogP contribution in [0.2, 0.25) is 0 Å². The number of aromatic nitrogens is 1. The molecule has 5 nitrogen and oxygen atoms in total. The van der Waals surface area contributed by atoms with Crippen LogP contribution in [0.4, 0.5) is 0 Å². The van der Waals surface area contributed by atoms with Crippen molar-refractivity contribution in [2.45, 2.75) is 13.5 Å². The molecule has 0 aliphatic rings. The summed E-state index contributed by atoms with van der Waals surface area (Å²) < 4.78 is 10.9. The topological polar surface area (TPSA) is 60.5 Å². The number of amides is 1. The Morgan fingerprint density at radius 1 is 1.12 bits per heavy atom. The van der Waals surface area contributed by atoms with Gasteiger partial charge in [0.2, 0.25) is 5.91 Å². The van der Waals surface area contributed by atoms with Crippen LogP contribution in [-0.2, 0) is 11.3 Å². The smallest absolute Gasteiger partial charge is 0.217 e. The fourth-order valence-corrected chi connectivity index (χ4v) is 3.46. The summed E-state index contributed by atoms with van der Waals surface area (Å²) in [7, 11) is 3.25. The van der Waals surface area contributed by atoms with E-state index in [0.717, 1.165) is 27.4 Å². The van der Waals surface area contributed by atoms with Crippen molar-refractivity contribution < 1.29 is 14.3 Å². The van der Waals surface area contributed by atoms with Crippen LogP contribution in [0, 0.1) is 0 Å². The highest BCUT2D eigenvalue weighted by Gasteiger charge is 2.15. The van der Waals surface area contributed by atoms with E-state index in [9.17, 15) is 4.79 Å². The van der Waals surface area contributed by atoms with E-state index in [1.54, 1.807) is 25.6 Å². The molecule has 134 valence electrons. The Morgan fingerprint density at radius 3 is 2.54 bits per heavy atom. The highest BCUT2D eigenvalue weighted by Crippen LogP contribution is 2.40. The van der Waals surface area contributed by atoms with Crippen LogP contribution < -0.4 is 14.8 Å². The number of carbonyl (C=O) groups excluding carboxylic acids is 1. The van der Waals surface area contributed by atoms with Gasteiger partial charge in [0, 0.05) is 24.4 Å². The van der Waals surface area contributed by atoms with Gasteiger partial charge in [-0.25, -0.2) is 4.98 Å². The average molecular weight is 368 g/mol. The van der Waals surface area contributed by atoms with Crippen molar-refractivity contribution in [3.63, 3.8) is 0 Å².